The molecule has 0 aromatic heterocycles. The molecular formula is C12H15F2NO4. The second kappa shape index (κ2) is 6.44. The van der Waals surface area contributed by atoms with E-state index in [0.29, 0.717) is 0 Å². The Kier molecular flexibility index (Phi) is 5.20. The topological polar surface area (TPSA) is 92.8 Å². The molecule has 0 saturated carbocycles. The predicted octanol–water partition coefficient (Wildman–Crippen LogP) is 0.895. The zero-order valence-corrected chi connectivity index (χ0v) is 10.3. The maximum Gasteiger partial charge on any atom is 0.308 e. The summed E-state index contributed by atoms with van der Waals surface area (Å²) in [6, 6.07) is 1.87. The number of hydrogen-bond donors (Lipinski definition) is 3. The van der Waals surface area contributed by atoms with E-state index in [0.717, 1.165) is 12.1 Å². The van der Waals surface area contributed by atoms with Crippen LogP contribution < -0.4 is 5.73 Å². The molecule has 0 aliphatic carbocycles. The van der Waals surface area contributed by atoms with Crippen molar-refractivity contribution in [2.75, 3.05) is 12.3 Å². The molecular weight excluding hydrogens is 260 g/mol. The minimum Gasteiger partial charge on any atom is -0.466 e. The Hall–Kier alpha value is -1.73. The zero-order valence-electron chi connectivity index (χ0n) is 10.3. The van der Waals surface area contributed by atoms with Gasteiger partial charge in [0.25, 0.3) is 0 Å². The standard InChI is InChI=1S/C12H15F2NO4/c1-2-19-9(17)5-8(16)12(18)10-6(13)3-4-7(15)11(10)14/h3-4,8,12,16,18H,2,5,15H2,1H3. The molecule has 1 aromatic carbocycles. The number of carbonyl (C=O) groups is 1. The van der Waals surface area contributed by atoms with Crippen molar-refractivity contribution in [3.05, 3.63) is 29.3 Å². The first-order valence-corrected chi connectivity index (χ1v) is 5.63. The summed E-state index contributed by atoms with van der Waals surface area (Å²) in [5.74, 6) is -2.99. The molecule has 106 valence electrons. The molecule has 1 aromatic rings. The Morgan fingerprint density at radius 2 is 2.05 bits per heavy atom. The SMILES string of the molecule is CCOC(=O)CC(O)C(O)c1c(F)ccc(N)c1F. The molecule has 2 atom stereocenters. The number of anilines is 1. The fourth-order valence-electron chi connectivity index (χ4n) is 1.55. The lowest BCUT2D eigenvalue weighted by atomic mass is 10.0. The Balaban J connectivity index is 2.91. The van der Waals surface area contributed by atoms with Gasteiger partial charge in [0.2, 0.25) is 0 Å². The number of aliphatic hydroxyl groups excluding tert-OH is 2. The van der Waals surface area contributed by atoms with E-state index in [1.165, 1.54) is 0 Å². The average molecular weight is 275 g/mol. The van der Waals surface area contributed by atoms with Gasteiger partial charge in [-0.15, -0.1) is 0 Å². The van der Waals surface area contributed by atoms with E-state index in [-0.39, 0.29) is 12.3 Å². The summed E-state index contributed by atoms with van der Waals surface area (Å²) in [5, 5.41) is 19.3. The average Bonchev–Trinajstić information content (AvgIpc) is 2.34. The largest absolute Gasteiger partial charge is 0.466 e. The van der Waals surface area contributed by atoms with Crippen molar-refractivity contribution in [1.29, 1.82) is 0 Å². The Morgan fingerprint density at radius 1 is 1.42 bits per heavy atom. The first-order chi connectivity index (χ1) is 8.88. The molecule has 0 amide bonds. The number of rotatable bonds is 5. The van der Waals surface area contributed by atoms with Crippen LogP contribution in [0.15, 0.2) is 12.1 Å². The van der Waals surface area contributed by atoms with Crippen molar-refractivity contribution < 1.29 is 28.5 Å². The number of benzene rings is 1. The van der Waals surface area contributed by atoms with Crippen LogP contribution in [-0.4, -0.2) is 28.9 Å². The fraction of sp³-hybridized carbons (Fsp3) is 0.417. The Morgan fingerprint density at radius 3 is 2.63 bits per heavy atom. The molecule has 2 unspecified atom stereocenters. The first-order valence-electron chi connectivity index (χ1n) is 5.63. The number of nitrogens with two attached hydrogens (primary N) is 1. The molecule has 0 fully saturated rings. The van der Waals surface area contributed by atoms with Gasteiger partial charge in [-0.3, -0.25) is 4.79 Å². The van der Waals surface area contributed by atoms with Crippen LogP contribution in [0.3, 0.4) is 0 Å². The van der Waals surface area contributed by atoms with Crippen LogP contribution in [0.4, 0.5) is 14.5 Å². The highest BCUT2D eigenvalue weighted by Gasteiger charge is 2.28. The lowest BCUT2D eigenvalue weighted by molar-refractivity contribution is -0.147. The summed E-state index contributed by atoms with van der Waals surface area (Å²) in [7, 11) is 0. The highest BCUT2D eigenvalue weighted by Crippen LogP contribution is 2.28. The minimum absolute atomic E-state index is 0.0999. The van der Waals surface area contributed by atoms with Gasteiger partial charge < -0.3 is 20.7 Å². The van der Waals surface area contributed by atoms with Gasteiger partial charge in [-0.25, -0.2) is 8.78 Å². The highest BCUT2D eigenvalue weighted by molar-refractivity contribution is 5.70. The molecule has 1 rings (SSSR count). The van der Waals surface area contributed by atoms with E-state index in [1.54, 1.807) is 6.92 Å². The van der Waals surface area contributed by atoms with Crippen molar-refractivity contribution in [2.24, 2.45) is 0 Å². The second-order valence-corrected chi connectivity index (χ2v) is 3.89. The van der Waals surface area contributed by atoms with Gasteiger partial charge in [-0.05, 0) is 19.1 Å². The summed E-state index contributed by atoms with van der Waals surface area (Å²) < 4.78 is 31.6. The van der Waals surface area contributed by atoms with E-state index in [9.17, 15) is 23.8 Å². The normalized spacial score (nSPS) is 13.9. The lowest BCUT2D eigenvalue weighted by Crippen LogP contribution is -2.25. The summed E-state index contributed by atoms with van der Waals surface area (Å²) in [6.07, 6.45) is -4.18. The summed E-state index contributed by atoms with van der Waals surface area (Å²) in [4.78, 5) is 11.1. The van der Waals surface area contributed by atoms with E-state index in [1.807, 2.05) is 0 Å². The number of carbonyl (C=O) groups excluding carboxylic acids is 1. The van der Waals surface area contributed by atoms with Crippen LogP contribution >= 0.6 is 0 Å². The number of ether oxygens (including phenoxy) is 1. The molecule has 4 N–H and O–H groups in total. The lowest BCUT2D eigenvalue weighted by Gasteiger charge is -2.19. The van der Waals surface area contributed by atoms with E-state index in [2.05, 4.69) is 4.74 Å². The van der Waals surface area contributed by atoms with E-state index < -0.39 is 41.8 Å². The molecule has 0 radical (unpaired) electrons. The Bertz CT molecular complexity index is 467. The maximum atomic E-state index is 13.6. The number of hydrogen-bond acceptors (Lipinski definition) is 5. The van der Waals surface area contributed by atoms with Crippen molar-refractivity contribution in [2.45, 2.75) is 25.6 Å². The van der Waals surface area contributed by atoms with Crippen molar-refractivity contribution in [3.8, 4) is 0 Å². The van der Waals surface area contributed by atoms with Gasteiger partial charge in [-0.2, -0.15) is 0 Å². The van der Waals surface area contributed by atoms with Crippen molar-refractivity contribution in [1.82, 2.24) is 0 Å². The van der Waals surface area contributed by atoms with Crippen molar-refractivity contribution >= 4 is 11.7 Å². The molecule has 0 spiro atoms. The predicted molar refractivity (Wildman–Crippen MR) is 63.0 cm³/mol. The molecule has 7 heteroatoms. The molecule has 0 aliphatic rings. The van der Waals surface area contributed by atoms with Gasteiger partial charge in [0.15, 0.2) is 5.82 Å². The zero-order chi connectivity index (χ0) is 14.6. The minimum atomic E-state index is -1.91. The molecule has 0 bridgehead atoms. The second-order valence-electron chi connectivity index (χ2n) is 3.89. The van der Waals surface area contributed by atoms with Crippen LogP contribution in [0.25, 0.3) is 0 Å². The van der Waals surface area contributed by atoms with Gasteiger partial charge >= 0.3 is 5.97 Å². The number of nitrogen functional groups attached to an aromatic ring is 1. The smallest absolute Gasteiger partial charge is 0.308 e. The van der Waals surface area contributed by atoms with Crippen LogP contribution in [-0.2, 0) is 9.53 Å². The quantitative estimate of drug-likeness (QED) is 0.548. The van der Waals surface area contributed by atoms with Gasteiger partial charge in [0.1, 0.15) is 11.9 Å². The molecule has 5 nitrogen and oxygen atoms in total. The van der Waals surface area contributed by atoms with E-state index in [4.69, 9.17) is 5.73 Å². The van der Waals surface area contributed by atoms with E-state index >= 15 is 0 Å². The third kappa shape index (κ3) is 3.62. The number of halogens is 2. The highest BCUT2D eigenvalue weighted by atomic mass is 19.1. The summed E-state index contributed by atoms with van der Waals surface area (Å²) in [6.45, 7) is 1.67. The van der Waals surface area contributed by atoms with Gasteiger partial charge in [-0.1, -0.05) is 0 Å². The molecule has 0 heterocycles. The van der Waals surface area contributed by atoms with Crippen LogP contribution in [0, 0.1) is 11.6 Å². The number of aliphatic hydroxyl groups is 2. The van der Waals surface area contributed by atoms with Crippen LogP contribution in [0.2, 0.25) is 0 Å². The fourth-order valence-corrected chi connectivity index (χ4v) is 1.55. The van der Waals surface area contributed by atoms with Gasteiger partial charge in [0, 0.05) is 0 Å². The molecule has 19 heavy (non-hydrogen) atoms. The molecule has 0 aliphatic heterocycles. The Labute approximate surface area is 108 Å². The summed E-state index contributed by atoms with van der Waals surface area (Å²) >= 11 is 0. The van der Waals surface area contributed by atoms with Crippen LogP contribution in [0.5, 0.6) is 0 Å². The molecule has 0 saturated heterocycles. The third-order valence-electron chi connectivity index (χ3n) is 2.50. The maximum absolute atomic E-state index is 13.6. The van der Waals surface area contributed by atoms with Gasteiger partial charge in [0.05, 0.1) is 30.4 Å². The summed E-state index contributed by atoms with van der Waals surface area (Å²) in [5.41, 5.74) is 4.12. The monoisotopic (exact) mass is 275 g/mol. The third-order valence-corrected chi connectivity index (χ3v) is 2.50. The van der Waals surface area contributed by atoms with Crippen LogP contribution in [0.1, 0.15) is 25.0 Å². The number of esters is 1. The first kappa shape index (κ1) is 15.3. The van der Waals surface area contributed by atoms with Crippen molar-refractivity contribution in [3.63, 3.8) is 0 Å².